The lowest BCUT2D eigenvalue weighted by Gasteiger charge is -2.14. The van der Waals surface area contributed by atoms with Crippen molar-refractivity contribution in [2.45, 2.75) is 20.8 Å². The Morgan fingerprint density at radius 3 is 1.92 bits per heavy atom. The molecule has 0 aliphatic heterocycles. The average Bonchev–Trinajstić information content (AvgIpc) is 2.49. The van der Waals surface area contributed by atoms with Gasteiger partial charge in [-0.15, -0.1) is 0 Å². The summed E-state index contributed by atoms with van der Waals surface area (Å²) in [7, 11) is 0. The zero-order valence-electron chi connectivity index (χ0n) is 14.0. The van der Waals surface area contributed by atoms with Crippen LogP contribution in [0.3, 0.4) is 0 Å². The minimum absolute atomic E-state index is 0.130. The van der Waals surface area contributed by atoms with E-state index in [1.165, 1.54) is 25.1 Å². The van der Waals surface area contributed by atoms with Gasteiger partial charge in [0.1, 0.15) is 0 Å². The Morgan fingerprint density at radius 2 is 1.42 bits per heavy atom. The van der Waals surface area contributed by atoms with Crippen LogP contribution in [0.4, 0.5) is 11.4 Å². The molecule has 0 radical (unpaired) electrons. The minimum Gasteiger partial charge on any atom is -0.421 e. The number of carbonyl (C=O) groups is 3. The lowest BCUT2D eigenvalue weighted by atomic mass is 10.2. The van der Waals surface area contributed by atoms with Gasteiger partial charge >= 0.3 is 5.97 Å². The Balaban J connectivity index is 3.18. The molecule has 0 fully saturated rings. The van der Waals surface area contributed by atoms with Crippen molar-refractivity contribution in [1.82, 2.24) is 0 Å². The van der Waals surface area contributed by atoms with Gasteiger partial charge in [-0.3, -0.25) is 9.59 Å². The fraction of sp³-hybridized carbons (Fsp3) is 0.167. The van der Waals surface area contributed by atoms with Crippen LogP contribution in [-0.2, 0) is 14.4 Å². The third-order valence-electron chi connectivity index (χ3n) is 2.81. The molecular formula is C18H20N2O4. The summed E-state index contributed by atoms with van der Waals surface area (Å²) >= 11 is 0. The van der Waals surface area contributed by atoms with Crippen molar-refractivity contribution >= 4 is 29.2 Å². The summed E-state index contributed by atoms with van der Waals surface area (Å²) in [6.45, 7) is 15.2. The number of benzene rings is 1. The summed E-state index contributed by atoms with van der Waals surface area (Å²) < 4.78 is 5.18. The molecule has 6 nitrogen and oxygen atoms in total. The summed E-state index contributed by atoms with van der Waals surface area (Å²) in [6.07, 6.45) is 0. The van der Waals surface area contributed by atoms with E-state index in [9.17, 15) is 14.4 Å². The first-order valence-corrected chi connectivity index (χ1v) is 7.07. The number of ether oxygens (including phenoxy) is 1. The van der Waals surface area contributed by atoms with E-state index in [-0.39, 0.29) is 28.5 Å². The topological polar surface area (TPSA) is 84.5 Å². The first-order valence-electron chi connectivity index (χ1n) is 7.07. The van der Waals surface area contributed by atoms with Crippen LogP contribution < -0.4 is 15.4 Å². The van der Waals surface area contributed by atoms with Crippen molar-refractivity contribution in [1.29, 1.82) is 0 Å². The smallest absolute Gasteiger partial charge is 0.338 e. The molecule has 1 aromatic carbocycles. The normalized spacial score (nSPS) is 9.62. The van der Waals surface area contributed by atoms with E-state index in [1.54, 1.807) is 13.8 Å². The molecule has 0 aliphatic carbocycles. The average molecular weight is 328 g/mol. The zero-order chi connectivity index (χ0) is 18.4. The molecule has 6 heteroatoms. The van der Waals surface area contributed by atoms with Gasteiger partial charge in [0.2, 0.25) is 0 Å². The Kier molecular flexibility index (Phi) is 6.23. The fourth-order valence-electron chi connectivity index (χ4n) is 1.45. The predicted molar refractivity (Wildman–Crippen MR) is 93.8 cm³/mol. The van der Waals surface area contributed by atoms with E-state index in [0.717, 1.165) is 0 Å². The first kappa shape index (κ1) is 18.9. The zero-order valence-corrected chi connectivity index (χ0v) is 14.0. The van der Waals surface area contributed by atoms with E-state index in [1.807, 2.05) is 0 Å². The number of hydrogen-bond donors (Lipinski definition) is 2. The predicted octanol–water partition coefficient (Wildman–Crippen LogP) is 3.20. The van der Waals surface area contributed by atoms with Gasteiger partial charge in [0.25, 0.3) is 11.8 Å². The highest BCUT2D eigenvalue weighted by Crippen LogP contribution is 2.29. The van der Waals surface area contributed by atoms with Crippen LogP contribution in [0.2, 0.25) is 0 Å². The molecule has 2 N–H and O–H groups in total. The van der Waals surface area contributed by atoms with Crippen LogP contribution in [0.15, 0.2) is 54.7 Å². The van der Waals surface area contributed by atoms with Gasteiger partial charge in [-0.05, 0) is 39.0 Å². The van der Waals surface area contributed by atoms with Crippen molar-refractivity contribution < 1.29 is 19.1 Å². The van der Waals surface area contributed by atoms with Crippen LogP contribution in [0, 0.1) is 0 Å². The number of nitrogens with one attached hydrogen (secondary N) is 2. The number of hydrogen-bond acceptors (Lipinski definition) is 4. The second-order valence-corrected chi connectivity index (χ2v) is 5.35. The van der Waals surface area contributed by atoms with E-state index >= 15 is 0 Å². The second kappa shape index (κ2) is 7.92. The molecule has 0 atom stereocenters. The molecule has 0 saturated heterocycles. The van der Waals surface area contributed by atoms with Crippen molar-refractivity contribution in [3.05, 3.63) is 54.7 Å². The molecule has 0 spiro atoms. The van der Waals surface area contributed by atoms with Gasteiger partial charge < -0.3 is 15.4 Å². The van der Waals surface area contributed by atoms with Gasteiger partial charge in [0, 0.05) is 22.4 Å². The van der Waals surface area contributed by atoms with Crippen molar-refractivity contribution in [3.8, 4) is 5.75 Å². The lowest BCUT2D eigenvalue weighted by molar-refractivity contribution is -0.130. The number of rotatable bonds is 6. The Labute approximate surface area is 140 Å². The Morgan fingerprint density at radius 1 is 0.875 bits per heavy atom. The van der Waals surface area contributed by atoms with Gasteiger partial charge in [-0.25, -0.2) is 4.79 Å². The molecular weight excluding hydrogens is 308 g/mol. The highest BCUT2D eigenvalue weighted by Gasteiger charge is 2.14. The first-order chi connectivity index (χ1) is 11.1. The molecule has 0 unspecified atom stereocenters. The van der Waals surface area contributed by atoms with Crippen LogP contribution in [0.25, 0.3) is 0 Å². The number of carbonyl (C=O) groups excluding carboxylic acids is 3. The molecule has 0 saturated carbocycles. The second-order valence-electron chi connectivity index (χ2n) is 5.35. The third-order valence-corrected chi connectivity index (χ3v) is 2.81. The minimum atomic E-state index is -0.625. The molecule has 0 heterocycles. The maximum absolute atomic E-state index is 11.9. The lowest BCUT2D eigenvalue weighted by Crippen LogP contribution is -2.16. The van der Waals surface area contributed by atoms with E-state index in [4.69, 9.17) is 4.74 Å². The summed E-state index contributed by atoms with van der Waals surface area (Å²) in [5.74, 6) is -1.30. The molecule has 1 aromatic rings. The molecule has 0 aromatic heterocycles. The van der Waals surface area contributed by atoms with Crippen LogP contribution in [0.5, 0.6) is 5.75 Å². The monoisotopic (exact) mass is 328 g/mol. The van der Waals surface area contributed by atoms with Gasteiger partial charge in [-0.2, -0.15) is 0 Å². The maximum Gasteiger partial charge on any atom is 0.338 e. The highest BCUT2D eigenvalue weighted by atomic mass is 16.5. The van der Waals surface area contributed by atoms with Gasteiger partial charge in [0.15, 0.2) is 5.75 Å². The number of anilines is 2. The molecule has 24 heavy (non-hydrogen) atoms. The van der Waals surface area contributed by atoms with Crippen LogP contribution in [0.1, 0.15) is 20.8 Å². The molecule has 1 rings (SSSR count). The van der Waals surface area contributed by atoms with Gasteiger partial charge in [0.05, 0.1) is 5.69 Å². The highest BCUT2D eigenvalue weighted by molar-refractivity contribution is 6.06. The summed E-state index contributed by atoms with van der Waals surface area (Å²) in [4.78, 5) is 35.3. The van der Waals surface area contributed by atoms with Gasteiger partial charge in [-0.1, -0.05) is 19.7 Å². The molecule has 0 bridgehead atoms. The van der Waals surface area contributed by atoms with Crippen LogP contribution >= 0.6 is 0 Å². The van der Waals surface area contributed by atoms with Crippen molar-refractivity contribution in [3.63, 3.8) is 0 Å². The number of amides is 2. The molecule has 0 aliphatic rings. The van der Waals surface area contributed by atoms with E-state index in [2.05, 4.69) is 30.4 Å². The quantitative estimate of drug-likeness (QED) is 0.477. The SMILES string of the molecule is C=C(C)C(=O)Nc1ccc(OC(=O)C(=C)C)c(NC(=O)C(=C)C)c1. The van der Waals surface area contributed by atoms with Crippen LogP contribution in [-0.4, -0.2) is 17.8 Å². The van der Waals surface area contributed by atoms with E-state index in [0.29, 0.717) is 11.3 Å². The third kappa shape index (κ3) is 5.24. The largest absolute Gasteiger partial charge is 0.421 e. The Hall–Kier alpha value is -3.15. The summed E-state index contributed by atoms with van der Waals surface area (Å²) in [6, 6.07) is 4.48. The van der Waals surface area contributed by atoms with Crippen molar-refractivity contribution in [2.24, 2.45) is 0 Å². The summed E-state index contributed by atoms with van der Waals surface area (Å²) in [5, 5.41) is 5.20. The van der Waals surface area contributed by atoms with Crippen molar-refractivity contribution in [2.75, 3.05) is 10.6 Å². The fourth-order valence-corrected chi connectivity index (χ4v) is 1.45. The maximum atomic E-state index is 11.9. The molecule has 2 amide bonds. The number of esters is 1. The molecule has 126 valence electrons. The standard InChI is InChI=1S/C18H20N2O4/c1-10(2)16(21)19-13-7-8-15(24-18(23)12(5)6)14(9-13)20-17(22)11(3)4/h7-9H,1,3,5H2,2,4,6H3,(H,19,21)(H,20,22). The Bertz CT molecular complexity index is 747. The van der Waals surface area contributed by atoms with E-state index < -0.39 is 11.9 Å². The summed E-state index contributed by atoms with van der Waals surface area (Å²) in [5.41, 5.74) is 1.46.